The third kappa shape index (κ3) is 5.22. The van der Waals surface area contributed by atoms with Gasteiger partial charge in [-0.05, 0) is 77.6 Å². The van der Waals surface area contributed by atoms with E-state index < -0.39 is 0 Å². The maximum absolute atomic E-state index is 6.10. The zero-order chi connectivity index (χ0) is 25.2. The summed E-state index contributed by atoms with van der Waals surface area (Å²) in [4.78, 5) is 4.76. The predicted molar refractivity (Wildman–Crippen MR) is 156 cm³/mol. The van der Waals surface area contributed by atoms with Crippen molar-refractivity contribution >= 4 is 45.1 Å². The fourth-order valence-corrected chi connectivity index (χ4v) is 5.78. The molecule has 1 aliphatic carbocycles. The van der Waals surface area contributed by atoms with Gasteiger partial charge in [0.05, 0.1) is 11.7 Å². The van der Waals surface area contributed by atoms with Gasteiger partial charge in [-0.3, -0.25) is 4.99 Å². The molecule has 1 aliphatic heterocycles. The minimum atomic E-state index is 0.283. The monoisotopic (exact) mass is 568 g/mol. The molecule has 1 heterocycles. The molecule has 1 N–H and O–H groups in total. The number of anilines is 1. The number of rotatable bonds is 6. The first-order valence-corrected chi connectivity index (χ1v) is 13.6. The lowest BCUT2D eigenvalue weighted by atomic mass is 9.77. The van der Waals surface area contributed by atoms with E-state index in [0.717, 1.165) is 38.5 Å². The first-order chi connectivity index (χ1) is 18.1. The lowest BCUT2D eigenvalue weighted by molar-refractivity contribution is 0.306. The second-order valence-corrected chi connectivity index (χ2v) is 10.9. The van der Waals surface area contributed by atoms with Crippen LogP contribution < -0.4 is 10.1 Å². The van der Waals surface area contributed by atoms with Crippen LogP contribution in [0.5, 0.6) is 5.75 Å². The van der Waals surface area contributed by atoms with Crippen LogP contribution in [0.4, 0.5) is 11.4 Å². The van der Waals surface area contributed by atoms with Gasteiger partial charge in [0.2, 0.25) is 0 Å². The average Bonchev–Trinajstić information content (AvgIpc) is 3.43. The quantitative estimate of drug-likeness (QED) is 0.185. The molecule has 4 aromatic carbocycles. The van der Waals surface area contributed by atoms with Gasteiger partial charge < -0.3 is 10.1 Å². The molecule has 0 saturated heterocycles. The highest BCUT2D eigenvalue weighted by molar-refractivity contribution is 9.10. The Morgan fingerprint density at radius 1 is 0.973 bits per heavy atom. The molecule has 37 heavy (non-hydrogen) atoms. The molecule has 0 bridgehead atoms. The summed E-state index contributed by atoms with van der Waals surface area (Å²) in [5, 5.41) is 4.52. The number of halogens is 2. The van der Waals surface area contributed by atoms with Gasteiger partial charge in [0.25, 0.3) is 0 Å². The molecule has 2 aliphatic rings. The van der Waals surface area contributed by atoms with Crippen LogP contribution in [0.25, 0.3) is 0 Å². The third-order valence-electron chi connectivity index (χ3n) is 7.16. The SMILES string of the molecule is Clc1ccc(COc2ccc(Br)cc2C=Nc2ccc([C@@H]3Nc4ccccc4[C@@H]4C=CC[C@@H]43)cc2)cc1. The van der Waals surface area contributed by atoms with Crippen LogP contribution in [0.3, 0.4) is 0 Å². The molecule has 184 valence electrons. The van der Waals surface area contributed by atoms with Gasteiger partial charge in [-0.1, -0.05) is 82.1 Å². The first-order valence-electron chi connectivity index (χ1n) is 12.5. The Morgan fingerprint density at radius 2 is 1.78 bits per heavy atom. The summed E-state index contributed by atoms with van der Waals surface area (Å²) in [7, 11) is 0. The molecular formula is C32H26BrClN2O. The third-order valence-corrected chi connectivity index (χ3v) is 7.90. The zero-order valence-electron chi connectivity index (χ0n) is 20.1. The molecule has 0 radical (unpaired) electrons. The van der Waals surface area contributed by atoms with E-state index in [0.29, 0.717) is 18.4 Å². The summed E-state index contributed by atoms with van der Waals surface area (Å²) in [5.41, 5.74) is 6.82. The van der Waals surface area contributed by atoms with E-state index in [1.807, 2.05) is 48.7 Å². The second-order valence-electron chi connectivity index (χ2n) is 9.51. The van der Waals surface area contributed by atoms with Gasteiger partial charge in [0, 0.05) is 32.9 Å². The number of hydrogen-bond donors (Lipinski definition) is 1. The first kappa shape index (κ1) is 24.0. The summed E-state index contributed by atoms with van der Waals surface area (Å²) in [6, 6.07) is 31.2. The molecule has 0 saturated carbocycles. The van der Waals surface area contributed by atoms with Crippen molar-refractivity contribution in [3.05, 3.63) is 135 Å². The number of nitrogens with one attached hydrogen (secondary N) is 1. The van der Waals surface area contributed by atoms with Gasteiger partial charge in [0.15, 0.2) is 0 Å². The normalized spacial score (nSPS) is 19.9. The van der Waals surface area contributed by atoms with Crippen LogP contribution >= 0.6 is 27.5 Å². The Hall–Kier alpha value is -3.34. The molecule has 0 unspecified atom stereocenters. The highest BCUT2D eigenvalue weighted by Gasteiger charge is 2.37. The number of fused-ring (bicyclic) bond motifs is 3. The maximum Gasteiger partial charge on any atom is 0.128 e. The van der Waals surface area contributed by atoms with Crippen molar-refractivity contribution in [1.82, 2.24) is 0 Å². The average molecular weight is 570 g/mol. The minimum Gasteiger partial charge on any atom is -0.488 e. The molecule has 4 aromatic rings. The summed E-state index contributed by atoms with van der Waals surface area (Å²) in [6.07, 6.45) is 7.66. The van der Waals surface area contributed by atoms with E-state index in [1.165, 1.54) is 16.8 Å². The lowest BCUT2D eigenvalue weighted by Gasteiger charge is -2.37. The van der Waals surface area contributed by atoms with E-state index >= 15 is 0 Å². The van der Waals surface area contributed by atoms with Gasteiger partial charge in [-0.15, -0.1) is 0 Å². The smallest absolute Gasteiger partial charge is 0.128 e. The molecule has 6 rings (SSSR count). The number of ether oxygens (including phenoxy) is 1. The van der Waals surface area contributed by atoms with E-state index in [4.69, 9.17) is 21.3 Å². The Morgan fingerprint density at radius 3 is 2.62 bits per heavy atom. The molecule has 0 spiro atoms. The Kier molecular flexibility index (Phi) is 6.86. The van der Waals surface area contributed by atoms with Gasteiger partial charge in [-0.25, -0.2) is 0 Å². The van der Waals surface area contributed by atoms with E-state index in [-0.39, 0.29) is 6.04 Å². The topological polar surface area (TPSA) is 33.6 Å². The van der Waals surface area contributed by atoms with Crippen LogP contribution in [0.1, 0.15) is 40.6 Å². The fourth-order valence-electron chi connectivity index (χ4n) is 5.28. The molecule has 3 nitrogen and oxygen atoms in total. The molecule has 0 amide bonds. The van der Waals surface area contributed by atoms with Crippen LogP contribution in [-0.2, 0) is 6.61 Å². The molecule has 5 heteroatoms. The Balaban J connectivity index is 1.18. The summed E-state index contributed by atoms with van der Waals surface area (Å²) in [6.45, 7) is 0.461. The maximum atomic E-state index is 6.10. The minimum absolute atomic E-state index is 0.283. The Bertz CT molecular complexity index is 1460. The summed E-state index contributed by atoms with van der Waals surface area (Å²) in [5.74, 6) is 1.79. The van der Waals surface area contributed by atoms with Crippen LogP contribution in [0.15, 0.2) is 113 Å². The molecular weight excluding hydrogens is 544 g/mol. The molecule has 0 aromatic heterocycles. The molecule has 0 fully saturated rings. The van der Waals surface area contributed by atoms with Gasteiger partial charge >= 0.3 is 0 Å². The number of allylic oxidation sites excluding steroid dienone is 2. The van der Waals surface area contributed by atoms with Crippen molar-refractivity contribution in [2.45, 2.75) is 25.0 Å². The highest BCUT2D eigenvalue weighted by Crippen LogP contribution is 2.49. The number of aliphatic imine (C=N–C) groups is 1. The van der Waals surface area contributed by atoms with E-state index in [1.54, 1.807) is 0 Å². The van der Waals surface area contributed by atoms with Crippen molar-refractivity contribution < 1.29 is 4.74 Å². The second kappa shape index (κ2) is 10.6. The van der Waals surface area contributed by atoms with Gasteiger partial charge in [-0.2, -0.15) is 0 Å². The number of benzene rings is 4. The fraction of sp³-hybridized carbons (Fsp3) is 0.156. The lowest BCUT2D eigenvalue weighted by Crippen LogP contribution is -2.28. The van der Waals surface area contributed by atoms with Crippen LogP contribution in [0, 0.1) is 5.92 Å². The molecule has 3 atom stereocenters. The zero-order valence-corrected chi connectivity index (χ0v) is 22.5. The van der Waals surface area contributed by atoms with E-state index in [9.17, 15) is 0 Å². The van der Waals surface area contributed by atoms with Crippen molar-refractivity contribution in [3.8, 4) is 5.75 Å². The Labute approximate surface area is 231 Å². The van der Waals surface area contributed by atoms with Crippen molar-refractivity contribution in [3.63, 3.8) is 0 Å². The summed E-state index contributed by atoms with van der Waals surface area (Å²) < 4.78 is 7.08. The van der Waals surface area contributed by atoms with Crippen molar-refractivity contribution in [2.75, 3.05) is 5.32 Å². The number of para-hydroxylation sites is 1. The summed E-state index contributed by atoms with van der Waals surface area (Å²) >= 11 is 9.57. The predicted octanol–water partition coefficient (Wildman–Crippen LogP) is 9.26. The van der Waals surface area contributed by atoms with Crippen LogP contribution in [-0.4, -0.2) is 6.21 Å². The highest BCUT2D eigenvalue weighted by atomic mass is 79.9. The van der Waals surface area contributed by atoms with Crippen molar-refractivity contribution in [1.29, 1.82) is 0 Å². The standard InChI is InChI=1S/C32H26BrClN2O/c33-24-12-17-31(37-20-21-8-13-25(34)14-9-21)23(18-24)19-35-26-15-10-22(11-16-26)32-29-6-3-5-27(29)28-4-1-2-7-30(28)36-32/h1-5,7-19,27,29,32,36H,6,20H2/t27-,29-,32-/m0/s1. The van der Waals surface area contributed by atoms with E-state index in [2.05, 4.69) is 81.9 Å². The van der Waals surface area contributed by atoms with Gasteiger partial charge in [0.1, 0.15) is 12.4 Å². The largest absolute Gasteiger partial charge is 0.488 e. The van der Waals surface area contributed by atoms with Crippen LogP contribution in [0.2, 0.25) is 5.02 Å². The number of nitrogens with zero attached hydrogens (tertiary/aromatic N) is 1. The number of hydrogen-bond acceptors (Lipinski definition) is 3. The van der Waals surface area contributed by atoms with Crippen molar-refractivity contribution in [2.24, 2.45) is 10.9 Å².